The number of carbonyl (C=O) groups excluding carboxylic acids is 1. The quantitative estimate of drug-likeness (QED) is 0.798. The zero-order chi connectivity index (χ0) is 15.4. The lowest BCUT2D eigenvalue weighted by Crippen LogP contribution is -2.11. The Morgan fingerprint density at radius 1 is 1.09 bits per heavy atom. The van der Waals surface area contributed by atoms with Crippen molar-refractivity contribution in [2.75, 3.05) is 5.32 Å². The standard InChI is InChI=1S/C17H15N3O2/c1-2-15-19-16(20-22-15)12-8-10-13(11-9-12)17(21)18-14-6-4-3-5-7-14/h3-11H,2H2,1H3,(H,18,21). The number of nitrogens with zero attached hydrogens (tertiary/aromatic N) is 2. The van der Waals surface area contributed by atoms with Crippen LogP contribution in [-0.4, -0.2) is 16.0 Å². The summed E-state index contributed by atoms with van der Waals surface area (Å²) in [5.74, 6) is 0.980. The van der Waals surface area contributed by atoms with E-state index in [0.717, 1.165) is 11.3 Å². The number of anilines is 1. The molecule has 1 N–H and O–H groups in total. The monoisotopic (exact) mass is 293 g/mol. The number of rotatable bonds is 4. The van der Waals surface area contributed by atoms with Gasteiger partial charge in [0, 0.05) is 23.2 Å². The van der Waals surface area contributed by atoms with E-state index in [2.05, 4.69) is 15.5 Å². The van der Waals surface area contributed by atoms with Crippen LogP contribution < -0.4 is 5.32 Å². The van der Waals surface area contributed by atoms with Gasteiger partial charge in [-0.25, -0.2) is 0 Å². The Bertz CT molecular complexity index is 764. The summed E-state index contributed by atoms with van der Waals surface area (Å²) < 4.78 is 5.08. The van der Waals surface area contributed by atoms with E-state index in [1.54, 1.807) is 12.1 Å². The van der Waals surface area contributed by atoms with E-state index in [9.17, 15) is 4.79 Å². The molecule has 0 aliphatic heterocycles. The first-order valence-corrected chi connectivity index (χ1v) is 7.05. The first-order valence-electron chi connectivity index (χ1n) is 7.05. The van der Waals surface area contributed by atoms with Crippen molar-refractivity contribution >= 4 is 11.6 Å². The zero-order valence-electron chi connectivity index (χ0n) is 12.1. The van der Waals surface area contributed by atoms with Crippen molar-refractivity contribution in [3.63, 3.8) is 0 Å². The Balaban J connectivity index is 1.75. The second-order valence-electron chi connectivity index (χ2n) is 4.76. The number of carbonyl (C=O) groups is 1. The van der Waals surface area contributed by atoms with Gasteiger partial charge in [0.05, 0.1) is 0 Å². The van der Waals surface area contributed by atoms with Crippen molar-refractivity contribution in [1.29, 1.82) is 0 Å². The third kappa shape index (κ3) is 3.03. The topological polar surface area (TPSA) is 68.0 Å². The van der Waals surface area contributed by atoms with Crippen LogP contribution in [0.15, 0.2) is 59.1 Å². The van der Waals surface area contributed by atoms with Crippen LogP contribution in [0.4, 0.5) is 5.69 Å². The Morgan fingerprint density at radius 2 is 1.82 bits per heavy atom. The van der Waals surface area contributed by atoms with Gasteiger partial charge in [0.15, 0.2) is 0 Å². The maximum atomic E-state index is 12.2. The van der Waals surface area contributed by atoms with Crippen LogP contribution in [0.3, 0.4) is 0 Å². The van der Waals surface area contributed by atoms with Gasteiger partial charge in [-0.05, 0) is 24.3 Å². The van der Waals surface area contributed by atoms with Crippen LogP contribution in [0, 0.1) is 0 Å². The molecule has 0 spiro atoms. The molecule has 110 valence electrons. The van der Waals surface area contributed by atoms with Gasteiger partial charge < -0.3 is 9.84 Å². The molecule has 3 rings (SSSR count). The van der Waals surface area contributed by atoms with Gasteiger partial charge in [0.25, 0.3) is 5.91 Å². The molecule has 1 heterocycles. The maximum Gasteiger partial charge on any atom is 0.255 e. The fourth-order valence-electron chi connectivity index (χ4n) is 2.01. The van der Waals surface area contributed by atoms with Crippen molar-refractivity contribution in [1.82, 2.24) is 10.1 Å². The third-order valence-electron chi connectivity index (χ3n) is 3.21. The second kappa shape index (κ2) is 6.22. The van der Waals surface area contributed by atoms with Gasteiger partial charge in [0.1, 0.15) is 0 Å². The minimum absolute atomic E-state index is 0.153. The van der Waals surface area contributed by atoms with Crippen molar-refractivity contribution in [2.24, 2.45) is 0 Å². The van der Waals surface area contributed by atoms with E-state index in [1.165, 1.54) is 0 Å². The minimum atomic E-state index is -0.153. The number of amides is 1. The zero-order valence-corrected chi connectivity index (χ0v) is 12.1. The summed E-state index contributed by atoms with van der Waals surface area (Å²) in [6, 6.07) is 16.5. The largest absolute Gasteiger partial charge is 0.339 e. The third-order valence-corrected chi connectivity index (χ3v) is 3.21. The molecule has 5 heteroatoms. The first kappa shape index (κ1) is 14.0. The van der Waals surface area contributed by atoms with E-state index in [1.807, 2.05) is 49.4 Å². The fourth-order valence-corrected chi connectivity index (χ4v) is 2.01. The Morgan fingerprint density at radius 3 is 2.45 bits per heavy atom. The number of hydrogen-bond acceptors (Lipinski definition) is 4. The molecule has 5 nitrogen and oxygen atoms in total. The predicted molar refractivity (Wildman–Crippen MR) is 83.5 cm³/mol. The summed E-state index contributed by atoms with van der Waals surface area (Å²) in [5, 5.41) is 6.75. The Labute approximate surface area is 128 Å². The van der Waals surface area contributed by atoms with Crippen LogP contribution in [-0.2, 0) is 6.42 Å². The lowest BCUT2D eigenvalue weighted by atomic mass is 10.1. The molecule has 0 atom stereocenters. The van der Waals surface area contributed by atoms with Gasteiger partial charge in [0.2, 0.25) is 11.7 Å². The molecule has 0 aliphatic rings. The van der Waals surface area contributed by atoms with E-state index in [-0.39, 0.29) is 5.91 Å². The average molecular weight is 293 g/mol. The van der Waals surface area contributed by atoms with Gasteiger partial charge in [-0.1, -0.05) is 42.4 Å². The van der Waals surface area contributed by atoms with Crippen LogP contribution in [0.1, 0.15) is 23.2 Å². The highest BCUT2D eigenvalue weighted by Crippen LogP contribution is 2.17. The number of para-hydroxylation sites is 1. The number of hydrogen-bond donors (Lipinski definition) is 1. The van der Waals surface area contributed by atoms with Gasteiger partial charge in [-0.2, -0.15) is 4.98 Å². The lowest BCUT2D eigenvalue weighted by molar-refractivity contribution is 0.102. The highest BCUT2D eigenvalue weighted by atomic mass is 16.5. The summed E-state index contributed by atoms with van der Waals surface area (Å²) in [7, 11) is 0. The first-order chi connectivity index (χ1) is 10.8. The molecule has 0 saturated carbocycles. The van der Waals surface area contributed by atoms with Gasteiger partial charge in [-0.15, -0.1) is 0 Å². The van der Waals surface area contributed by atoms with E-state index < -0.39 is 0 Å². The molecule has 0 radical (unpaired) electrons. The minimum Gasteiger partial charge on any atom is -0.339 e. The van der Waals surface area contributed by atoms with Crippen LogP contribution in [0.25, 0.3) is 11.4 Å². The predicted octanol–water partition coefficient (Wildman–Crippen LogP) is 3.55. The maximum absolute atomic E-state index is 12.2. The van der Waals surface area contributed by atoms with Crippen molar-refractivity contribution in [2.45, 2.75) is 13.3 Å². The molecule has 0 saturated heterocycles. The second-order valence-corrected chi connectivity index (χ2v) is 4.76. The number of benzene rings is 2. The number of aryl methyl sites for hydroxylation is 1. The highest BCUT2D eigenvalue weighted by Gasteiger charge is 2.09. The van der Waals surface area contributed by atoms with E-state index in [0.29, 0.717) is 23.7 Å². The smallest absolute Gasteiger partial charge is 0.255 e. The van der Waals surface area contributed by atoms with E-state index >= 15 is 0 Å². The summed E-state index contributed by atoms with van der Waals surface area (Å²) in [5.41, 5.74) is 2.16. The molecule has 2 aromatic carbocycles. The van der Waals surface area contributed by atoms with Gasteiger partial charge >= 0.3 is 0 Å². The summed E-state index contributed by atoms with van der Waals surface area (Å²) >= 11 is 0. The van der Waals surface area contributed by atoms with Gasteiger partial charge in [-0.3, -0.25) is 4.79 Å². The van der Waals surface area contributed by atoms with Crippen LogP contribution in [0.5, 0.6) is 0 Å². The molecule has 0 fully saturated rings. The van der Waals surface area contributed by atoms with E-state index in [4.69, 9.17) is 4.52 Å². The summed E-state index contributed by atoms with van der Waals surface area (Å²) in [6.07, 6.45) is 0.699. The van der Waals surface area contributed by atoms with Crippen LogP contribution in [0.2, 0.25) is 0 Å². The molecule has 0 bridgehead atoms. The molecule has 3 aromatic rings. The lowest BCUT2D eigenvalue weighted by Gasteiger charge is -2.05. The SMILES string of the molecule is CCc1nc(-c2ccc(C(=O)Nc3ccccc3)cc2)no1. The molecule has 0 unspecified atom stereocenters. The van der Waals surface area contributed by atoms with Crippen LogP contribution >= 0.6 is 0 Å². The molecular formula is C17H15N3O2. The molecule has 1 amide bonds. The summed E-state index contributed by atoms with van der Waals surface area (Å²) in [6.45, 7) is 1.95. The molecule has 22 heavy (non-hydrogen) atoms. The summed E-state index contributed by atoms with van der Waals surface area (Å²) in [4.78, 5) is 16.4. The molecule has 0 aliphatic carbocycles. The van der Waals surface area contributed by atoms with Crippen molar-refractivity contribution in [3.05, 3.63) is 66.1 Å². The molecular weight excluding hydrogens is 278 g/mol. The van der Waals surface area contributed by atoms with Crippen molar-refractivity contribution < 1.29 is 9.32 Å². The van der Waals surface area contributed by atoms with Crippen molar-refractivity contribution in [3.8, 4) is 11.4 Å². The number of aromatic nitrogens is 2. The fraction of sp³-hybridized carbons (Fsp3) is 0.118. The molecule has 1 aromatic heterocycles. The Hall–Kier alpha value is -2.95. The highest BCUT2D eigenvalue weighted by molar-refractivity contribution is 6.04. The normalized spacial score (nSPS) is 10.4. The average Bonchev–Trinajstić information content (AvgIpc) is 3.05. The Kier molecular flexibility index (Phi) is 3.96. The number of nitrogens with one attached hydrogen (secondary N) is 1.